The average Bonchev–Trinajstić information content (AvgIpc) is 2.67. The van der Waals surface area contributed by atoms with Crippen molar-refractivity contribution in [2.24, 2.45) is 0 Å². The van der Waals surface area contributed by atoms with Crippen LogP contribution in [0.1, 0.15) is 33.6 Å². The predicted octanol–water partition coefficient (Wildman–Crippen LogP) is 0.843. The first-order chi connectivity index (χ1) is 9.86. The van der Waals surface area contributed by atoms with Crippen LogP contribution in [0.2, 0.25) is 0 Å². The van der Waals surface area contributed by atoms with Gasteiger partial charge >= 0.3 is 0 Å². The van der Waals surface area contributed by atoms with E-state index in [0.29, 0.717) is 0 Å². The van der Waals surface area contributed by atoms with Crippen molar-refractivity contribution in [2.75, 3.05) is 6.54 Å². The van der Waals surface area contributed by atoms with Gasteiger partial charge in [-0.15, -0.1) is 0 Å². The molecule has 1 aliphatic heterocycles. The van der Waals surface area contributed by atoms with E-state index in [9.17, 15) is 18.0 Å². The molecule has 0 aliphatic carbocycles. The van der Waals surface area contributed by atoms with Crippen LogP contribution >= 0.6 is 0 Å². The molecule has 0 aromatic heterocycles. The van der Waals surface area contributed by atoms with Crippen molar-refractivity contribution < 1.29 is 22.6 Å². The highest BCUT2D eigenvalue weighted by Crippen LogP contribution is 2.24. The Bertz CT molecular complexity index is 700. The maximum atomic E-state index is 12.1. The number of nitrogens with zero attached hydrogens (tertiary/aromatic N) is 2. The maximum Gasteiger partial charge on any atom is 0.269 e. The number of nitriles is 1. The Labute approximate surface area is 121 Å². The first-order valence-corrected chi connectivity index (χ1v) is 7.65. The van der Waals surface area contributed by atoms with Gasteiger partial charge in [0.15, 0.2) is 0 Å². The van der Waals surface area contributed by atoms with E-state index in [1.165, 1.54) is 12.1 Å². The number of hydrogen-bond acceptors (Lipinski definition) is 5. The van der Waals surface area contributed by atoms with Gasteiger partial charge in [0.25, 0.3) is 21.9 Å². The van der Waals surface area contributed by atoms with Crippen LogP contribution in [0.25, 0.3) is 0 Å². The summed E-state index contributed by atoms with van der Waals surface area (Å²) in [6, 6.07) is 7.93. The number of rotatable bonds is 5. The molecular formula is C13H12N2O5S. The molecular weight excluding hydrogens is 296 g/mol. The lowest BCUT2D eigenvalue weighted by Crippen LogP contribution is -2.40. The monoisotopic (exact) mass is 308 g/mol. The van der Waals surface area contributed by atoms with E-state index in [1.54, 1.807) is 18.2 Å². The minimum absolute atomic E-state index is 0.104. The Hall–Kier alpha value is -2.24. The van der Waals surface area contributed by atoms with Crippen molar-refractivity contribution in [3.05, 3.63) is 35.4 Å². The quantitative estimate of drug-likeness (QED) is 0.636. The topological polar surface area (TPSA) is 116 Å². The number of imide groups is 1. The molecule has 0 spiro atoms. The van der Waals surface area contributed by atoms with Gasteiger partial charge in [-0.25, -0.2) is 0 Å². The van der Waals surface area contributed by atoms with E-state index in [4.69, 9.17) is 9.81 Å². The van der Waals surface area contributed by atoms with Gasteiger partial charge in [-0.1, -0.05) is 12.1 Å². The number of carbonyl (C=O) groups excluding carboxylic acids is 2. The molecule has 1 heterocycles. The van der Waals surface area contributed by atoms with Crippen molar-refractivity contribution in [3.8, 4) is 6.07 Å². The molecule has 0 saturated carbocycles. The number of amides is 2. The molecule has 1 aromatic rings. The predicted molar refractivity (Wildman–Crippen MR) is 72.0 cm³/mol. The van der Waals surface area contributed by atoms with E-state index in [-0.39, 0.29) is 24.0 Å². The lowest BCUT2D eigenvalue weighted by molar-refractivity contribution is 0.0653. The second-order valence-corrected chi connectivity index (χ2v) is 6.30. The number of hydrogen-bond donors (Lipinski definition) is 1. The molecule has 8 heteroatoms. The van der Waals surface area contributed by atoms with Crippen molar-refractivity contribution in [2.45, 2.75) is 18.1 Å². The highest BCUT2D eigenvalue weighted by molar-refractivity contribution is 7.86. The summed E-state index contributed by atoms with van der Waals surface area (Å²) in [5.41, 5.74) is 0.411. The molecule has 1 aromatic carbocycles. The zero-order valence-corrected chi connectivity index (χ0v) is 11.7. The summed E-state index contributed by atoms with van der Waals surface area (Å²) in [5, 5.41) is 7.15. The first-order valence-electron chi connectivity index (χ1n) is 6.14. The summed E-state index contributed by atoms with van der Waals surface area (Å²) in [6.45, 7) is -0.465. The number of fused-ring (bicyclic) bond motifs is 1. The minimum atomic E-state index is -4.46. The molecule has 1 N–H and O–H groups in total. The van der Waals surface area contributed by atoms with Gasteiger partial charge < -0.3 is 0 Å². The third-order valence-corrected chi connectivity index (χ3v) is 4.49. The fourth-order valence-electron chi connectivity index (χ4n) is 2.17. The van der Waals surface area contributed by atoms with Gasteiger partial charge in [0, 0.05) is 13.0 Å². The summed E-state index contributed by atoms with van der Waals surface area (Å²) in [5.74, 6) is -1.19. The van der Waals surface area contributed by atoms with Crippen molar-refractivity contribution in [1.82, 2.24) is 4.90 Å². The molecule has 110 valence electrons. The van der Waals surface area contributed by atoms with Gasteiger partial charge in [0.1, 0.15) is 5.25 Å². The van der Waals surface area contributed by atoms with Crippen LogP contribution in [0.3, 0.4) is 0 Å². The second-order valence-electron chi connectivity index (χ2n) is 4.60. The minimum Gasteiger partial charge on any atom is -0.285 e. The Balaban J connectivity index is 2.26. The SMILES string of the molecule is N#CCCC(CN1C(=O)c2ccccc2C1=O)S(=O)(=O)O. The largest absolute Gasteiger partial charge is 0.285 e. The van der Waals surface area contributed by atoms with Crippen LogP contribution in [0.4, 0.5) is 0 Å². The van der Waals surface area contributed by atoms with Crippen LogP contribution in [-0.2, 0) is 10.1 Å². The summed E-state index contributed by atoms with van der Waals surface area (Å²) in [4.78, 5) is 25.0. The average molecular weight is 308 g/mol. The van der Waals surface area contributed by atoms with Gasteiger partial charge in [0.05, 0.1) is 17.2 Å². The third-order valence-electron chi connectivity index (χ3n) is 3.26. The zero-order valence-electron chi connectivity index (χ0n) is 10.9. The van der Waals surface area contributed by atoms with E-state index >= 15 is 0 Å². The normalized spacial score (nSPS) is 15.7. The Morgan fingerprint density at radius 1 is 1.19 bits per heavy atom. The Morgan fingerprint density at radius 3 is 2.14 bits per heavy atom. The molecule has 7 nitrogen and oxygen atoms in total. The molecule has 0 radical (unpaired) electrons. The fourth-order valence-corrected chi connectivity index (χ4v) is 2.92. The van der Waals surface area contributed by atoms with Crippen LogP contribution in [0, 0.1) is 11.3 Å². The Kier molecular flexibility index (Phi) is 4.06. The van der Waals surface area contributed by atoms with Gasteiger partial charge in [-0.05, 0) is 18.6 Å². The standard InChI is InChI=1S/C13H12N2O5S/c14-7-3-4-9(21(18,19)20)8-15-12(16)10-5-1-2-6-11(10)13(15)17/h1-2,5-6,9H,3-4,8H2,(H,18,19,20). The smallest absolute Gasteiger partial charge is 0.269 e. The van der Waals surface area contributed by atoms with Crippen molar-refractivity contribution in [3.63, 3.8) is 0 Å². The molecule has 21 heavy (non-hydrogen) atoms. The second kappa shape index (κ2) is 5.63. The zero-order chi connectivity index (χ0) is 15.6. The Morgan fingerprint density at radius 2 is 1.71 bits per heavy atom. The summed E-state index contributed by atoms with van der Waals surface area (Å²) in [6.07, 6.45) is -0.254. The molecule has 1 atom stereocenters. The van der Waals surface area contributed by atoms with E-state index in [0.717, 1.165) is 4.90 Å². The number of carbonyl (C=O) groups is 2. The van der Waals surface area contributed by atoms with Gasteiger partial charge in [-0.2, -0.15) is 13.7 Å². The first kappa shape index (κ1) is 15.2. The van der Waals surface area contributed by atoms with Crippen LogP contribution in [0.15, 0.2) is 24.3 Å². The highest BCUT2D eigenvalue weighted by atomic mass is 32.2. The summed E-state index contributed by atoms with van der Waals surface area (Å²) >= 11 is 0. The molecule has 0 fully saturated rings. The van der Waals surface area contributed by atoms with Crippen LogP contribution in [-0.4, -0.2) is 41.5 Å². The molecule has 0 saturated heterocycles. The summed E-state index contributed by atoms with van der Waals surface area (Å²) in [7, 11) is -4.46. The lowest BCUT2D eigenvalue weighted by Gasteiger charge is -2.19. The summed E-state index contributed by atoms with van der Waals surface area (Å²) < 4.78 is 31.8. The highest BCUT2D eigenvalue weighted by Gasteiger charge is 2.38. The van der Waals surface area contributed by atoms with E-state index in [1.807, 2.05) is 0 Å². The maximum absolute atomic E-state index is 12.1. The van der Waals surface area contributed by atoms with Crippen LogP contribution < -0.4 is 0 Å². The number of benzene rings is 1. The van der Waals surface area contributed by atoms with Crippen molar-refractivity contribution in [1.29, 1.82) is 5.26 Å². The fraction of sp³-hybridized carbons (Fsp3) is 0.308. The molecule has 2 rings (SSSR count). The lowest BCUT2D eigenvalue weighted by atomic mass is 10.1. The van der Waals surface area contributed by atoms with Gasteiger partial charge in [-0.3, -0.25) is 19.0 Å². The molecule has 1 unspecified atom stereocenters. The van der Waals surface area contributed by atoms with Gasteiger partial charge in [0.2, 0.25) is 0 Å². The molecule has 0 bridgehead atoms. The third kappa shape index (κ3) is 2.94. The molecule has 2 amide bonds. The molecule has 1 aliphatic rings. The van der Waals surface area contributed by atoms with Crippen LogP contribution in [0.5, 0.6) is 0 Å². The van der Waals surface area contributed by atoms with E-state index in [2.05, 4.69) is 0 Å². The van der Waals surface area contributed by atoms with Crippen molar-refractivity contribution >= 4 is 21.9 Å². The van der Waals surface area contributed by atoms with E-state index < -0.39 is 33.7 Å².